The van der Waals surface area contributed by atoms with Crippen molar-refractivity contribution >= 4 is 0 Å². The van der Waals surface area contributed by atoms with E-state index in [1.54, 1.807) is 0 Å². The normalized spacial score (nSPS) is 55.7. The maximum Gasteiger partial charge on any atom is 0.376 e. The van der Waals surface area contributed by atoms with Crippen LogP contribution in [0.15, 0.2) is 0 Å². The van der Waals surface area contributed by atoms with E-state index in [1.807, 2.05) is 0 Å². The Labute approximate surface area is 140 Å². The van der Waals surface area contributed by atoms with Crippen molar-refractivity contribution in [3.05, 3.63) is 0 Å². The van der Waals surface area contributed by atoms with Crippen LogP contribution in [0.1, 0.15) is 0 Å². The van der Waals surface area contributed by atoms with Crippen LogP contribution in [0.3, 0.4) is 0 Å². The molecule has 3 aliphatic heterocycles. The van der Waals surface area contributed by atoms with Gasteiger partial charge in [0, 0.05) is 0 Å². The molecule has 0 spiro atoms. The maximum absolute atomic E-state index is 10.4. The molecule has 0 saturated carbocycles. The topological polar surface area (TPSA) is 208 Å². The van der Waals surface area contributed by atoms with Gasteiger partial charge in [0.15, 0.2) is 0 Å². The van der Waals surface area contributed by atoms with Crippen LogP contribution >= 0.6 is 0 Å². The first-order valence-electron chi connectivity index (χ1n) is 7.40. The van der Waals surface area contributed by atoms with Gasteiger partial charge in [0.25, 0.3) is 0 Å². The molecule has 13 heteroatoms. The zero-order valence-corrected chi connectivity index (χ0v) is 12.7. The number of rotatable bonds is 5. The fourth-order valence-corrected chi connectivity index (χ4v) is 2.97. The van der Waals surface area contributed by atoms with Crippen molar-refractivity contribution < 1.29 is 64.8 Å². The van der Waals surface area contributed by atoms with Gasteiger partial charge in [-0.3, -0.25) is 4.74 Å². The summed E-state index contributed by atoms with van der Waals surface area (Å²) in [5.41, 5.74) is 0. The lowest BCUT2D eigenvalue weighted by atomic mass is 9.93. The van der Waals surface area contributed by atoms with Crippen LogP contribution < -0.4 is 0 Å². The van der Waals surface area contributed by atoms with Crippen LogP contribution in [-0.4, -0.2) is 115 Å². The molecule has 8 N–H and O–H groups in total. The summed E-state index contributed by atoms with van der Waals surface area (Å²) in [6, 6.07) is 0. The number of ether oxygens (including phenoxy) is 3. The van der Waals surface area contributed by atoms with Crippen molar-refractivity contribution in [1.82, 2.24) is 0 Å². The van der Waals surface area contributed by atoms with E-state index in [0.29, 0.717) is 0 Å². The predicted octanol–water partition coefficient (Wildman–Crippen LogP) is -5.78. The van der Waals surface area contributed by atoms with Gasteiger partial charge in [-0.25, -0.2) is 0 Å². The molecule has 0 aromatic rings. The van der Waals surface area contributed by atoms with Gasteiger partial charge in [0.1, 0.15) is 43.2 Å². The zero-order chi connectivity index (χ0) is 18.6. The lowest BCUT2D eigenvalue weighted by Gasteiger charge is -2.59. The molecule has 3 rings (SSSR count). The fourth-order valence-electron chi connectivity index (χ4n) is 2.97. The number of fused-ring (bicyclic) bond motifs is 1. The molecule has 3 fully saturated rings. The molecule has 3 heterocycles. The summed E-state index contributed by atoms with van der Waals surface area (Å²) in [6.45, 7) is -2.64. The second-order valence-corrected chi connectivity index (χ2v) is 6.04. The fraction of sp³-hybridized carbons (Fsp3) is 1.00. The van der Waals surface area contributed by atoms with E-state index in [2.05, 4.69) is 9.78 Å². The van der Waals surface area contributed by atoms with Gasteiger partial charge in [-0.2, -0.15) is 9.78 Å². The summed E-state index contributed by atoms with van der Waals surface area (Å²) >= 11 is 0. The third-order valence-corrected chi connectivity index (χ3v) is 4.52. The summed E-state index contributed by atoms with van der Waals surface area (Å²) in [5.74, 6) is -7.95. The first kappa shape index (κ1) is 19.2. The Balaban J connectivity index is 1.92. The van der Waals surface area contributed by atoms with E-state index >= 15 is 0 Å². The van der Waals surface area contributed by atoms with E-state index in [4.69, 9.17) is 19.3 Å². The highest BCUT2D eigenvalue weighted by Crippen LogP contribution is 2.52. The minimum absolute atomic E-state index is 0.737. The van der Waals surface area contributed by atoms with Crippen LogP contribution in [0.25, 0.3) is 0 Å². The van der Waals surface area contributed by atoms with Crippen LogP contribution in [-0.2, 0) is 24.0 Å². The average Bonchev–Trinajstić information content (AvgIpc) is 2.86. The van der Waals surface area contributed by atoms with Gasteiger partial charge < -0.3 is 50.3 Å². The molecule has 0 radical (unpaired) electrons. The minimum Gasteiger partial charge on any atom is -0.394 e. The van der Waals surface area contributed by atoms with Gasteiger partial charge in [-0.1, -0.05) is 0 Å². The lowest BCUT2D eigenvalue weighted by Crippen LogP contribution is -2.83. The molecule has 0 aromatic carbocycles. The van der Waals surface area contributed by atoms with Crippen molar-refractivity contribution in [2.75, 3.05) is 19.8 Å². The largest absolute Gasteiger partial charge is 0.394 e. The van der Waals surface area contributed by atoms with E-state index < -0.39 is 74.0 Å². The molecule has 25 heavy (non-hydrogen) atoms. The Morgan fingerprint density at radius 3 is 1.80 bits per heavy atom. The van der Waals surface area contributed by atoms with Gasteiger partial charge in [0.05, 0.1) is 13.2 Å². The SMILES string of the molecule is OC[C@H]1OC(CO)(O[C@@]23OO[C@@]2(O)[C@@H](O)[C@H](O)[C@@H](CO)O3)[C@@H](O)[C@@H]1O. The molecule has 0 aromatic heterocycles. The first-order chi connectivity index (χ1) is 11.7. The van der Waals surface area contributed by atoms with Crippen LogP contribution in [0.2, 0.25) is 0 Å². The molecule has 3 aliphatic rings. The van der Waals surface area contributed by atoms with Crippen LogP contribution in [0.4, 0.5) is 0 Å². The summed E-state index contributed by atoms with van der Waals surface area (Å²) in [7, 11) is 0. The molecular formula is C12H20O13. The maximum atomic E-state index is 10.4. The molecule has 9 atom stereocenters. The monoisotopic (exact) mass is 372 g/mol. The van der Waals surface area contributed by atoms with Crippen molar-refractivity contribution in [2.45, 2.75) is 54.2 Å². The quantitative estimate of drug-likeness (QED) is 0.212. The van der Waals surface area contributed by atoms with Crippen molar-refractivity contribution in [3.63, 3.8) is 0 Å². The molecule has 3 saturated heterocycles. The lowest BCUT2D eigenvalue weighted by molar-refractivity contribution is -0.747. The molecule has 0 amide bonds. The molecule has 13 nitrogen and oxygen atoms in total. The summed E-state index contributed by atoms with van der Waals surface area (Å²) in [5, 5.41) is 78.1. The minimum atomic E-state index is -2.80. The van der Waals surface area contributed by atoms with Crippen molar-refractivity contribution in [2.24, 2.45) is 0 Å². The number of hydrogen-bond acceptors (Lipinski definition) is 13. The average molecular weight is 372 g/mol. The standard InChI is InChI=1S/C12H20O13/c13-1-4-6(16)8(18)10(3-15,21-4)23-12-11(20,24-25-12)9(19)7(17)5(2-14)22-12/h4-9,13-20H,1-3H2/t4-,5-,6-,7-,8+,9+,10?,11+,12-/m1/s1. The van der Waals surface area contributed by atoms with E-state index in [9.17, 15) is 35.7 Å². The van der Waals surface area contributed by atoms with Crippen LogP contribution in [0.5, 0.6) is 0 Å². The zero-order valence-electron chi connectivity index (χ0n) is 12.7. The molecule has 0 bridgehead atoms. The second kappa shape index (κ2) is 6.28. The van der Waals surface area contributed by atoms with Gasteiger partial charge >= 0.3 is 11.8 Å². The highest BCUT2D eigenvalue weighted by Gasteiger charge is 2.79. The summed E-state index contributed by atoms with van der Waals surface area (Å²) in [4.78, 5) is 8.99. The molecule has 0 aliphatic carbocycles. The van der Waals surface area contributed by atoms with Crippen molar-refractivity contribution in [1.29, 1.82) is 0 Å². The number of hydrogen-bond donors (Lipinski definition) is 8. The molecule has 1 unspecified atom stereocenters. The van der Waals surface area contributed by atoms with E-state index in [0.717, 1.165) is 0 Å². The summed E-state index contributed by atoms with van der Waals surface area (Å²) in [6.07, 6.45) is -10.3. The smallest absolute Gasteiger partial charge is 0.376 e. The highest BCUT2D eigenvalue weighted by molar-refractivity contribution is 5.05. The highest BCUT2D eigenvalue weighted by atomic mass is 17.3. The second-order valence-electron chi connectivity index (χ2n) is 6.04. The number of aliphatic hydroxyl groups is 8. The molecular weight excluding hydrogens is 352 g/mol. The number of aliphatic hydroxyl groups excluding tert-OH is 7. The van der Waals surface area contributed by atoms with E-state index in [-0.39, 0.29) is 0 Å². The third kappa shape index (κ3) is 2.45. The Morgan fingerprint density at radius 1 is 0.800 bits per heavy atom. The van der Waals surface area contributed by atoms with Gasteiger partial charge in [-0.15, -0.1) is 0 Å². The Kier molecular flexibility index (Phi) is 4.83. The Hall–Kier alpha value is -0.520. The third-order valence-electron chi connectivity index (χ3n) is 4.52. The summed E-state index contributed by atoms with van der Waals surface area (Å²) < 4.78 is 15.5. The first-order valence-corrected chi connectivity index (χ1v) is 7.40. The Morgan fingerprint density at radius 2 is 1.36 bits per heavy atom. The van der Waals surface area contributed by atoms with Crippen LogP contribution in [0, 0.1) is 0 Å². The van der Waals surface area contributed by atoms with E-state index in [1.165, 1.54) is 0 Å². The molecule has 146 valence electrons. The predicted molar refractivity (Wildman–Crippen MR) is 68.7 cm³/mol. The van der Waals surface area contributed by atoms with Gasteiger partial charge in [-0.05, 0) is 0 Å². The Bertz CT molecular complexity index is 505. The van der Waals surface area contributed by atoms with Gasteiger partial charge in [0.2, 0.25) is 5.79 Å². The van der Waals surface area contributed by atoms with Crippen molar-refractivity contribution in [3.8, 4) is 0 Å².